The van der Waals surface area contributed by atoms with Gasteiger partial charge in [-0.05, 0) is 12.1 Å². The first-order chi connectivity index (χ1) is 7.08. The maximum atomic E-state index is 12.8. The van der Waals surface area contributed by atoms with E-state index in [-0.39, 0.29) is 37.6 Å². The van der Waals surface area contributed by atoms with Gasteiger partial charge in [-0.15, -0.1) is 0 Å². The number of alkyl halides is 2. The third kappa shape index (κ3) is 2.16. The van der Waals surface area contributed by atoms with Crippen LogP contribution in [0.5, 0.6) is 0 Å². The quantitative estimate of drug-likeness (QED) is 0.719. The molecule has 5 heteroatoms. The number of likely N-dealkylation sites (tertiary alicyclic amines) is 1. The zero-order chi connectivity index (χ0) is 10.9. The summed E-state index contributed by atoms with van der Waals surface area (Å²) < 4.78 is 30.6. The largest absolute Gasteiger partial charge is 0.459 e. The number of rotatable bonds is 1. The Bertz CT molecular complexity index is 338. The van der Waals surface area contributed by atoms with Crippen molar-refractivity contribution in [1.82, 2.24) is 4.90 Å². The van der Waals surface area contributed by atoms with E-state index in [1.54, 1.807) is 6.07 Å². The first-order valence-electron chi connectivity index (χ1n) is 4.79. The summed E-state index contributed by atoms with van der Waals surface area (Å²) in [6.45, 7) is 0.180. The minimum atomic E-state index is -2.63. The van der Waals surface area contributed by atoms with Crippen LogP contribution >= 0.6 is 0 Å². The molecule has 0 aromatic carbocycles. The third-order valence-electron chi connectivity index (χ3n) is 2.51. The van der Waals surface area contributed by atoms with Gasteiger partial charge in [-0.2, -0.15) is 0 Å². The van der Waals surface area contributed by atoms with Crippen molar-refractivity contribution in [3.05, 3.63) is 24.2 Å². The number of amides is 1. The molecule has 2 heterocycles. The van der Waals surface area contributed by atoms with Gasteiger partial charge < -0.3 is 9.32 Å². The van der Waals surface area contributed by atoms with Gasteiger partial charge in [0.1, 0.15) is 0 Å². The van der Waals surface area contributed by atoms with Crippen LogP contribution in [0, 0.1) is 0 Å². The maximum Gasteiger partial charge on any atom is 0.289 e. The fraction of sp³-hybridized carbons (Fsp3) is 0.500. The van der Waals surface area contributed by atoms with Crippen LogP contribution in [0.3, 0.4) is 0 Å². The molecule has 15 heavy (non-hydrogen) atoms. The number of furan rings is 1. The van der Waals surface area contributed by atoms with Gasteiger partial charge in [0.05, 0.1) is 6.26 Å². The Morgan fingerprint density at radius 2 is 2.07 bits per heavy atom. The molecule has 0 bridgehead atoms. The van der Waals surface area contributed by atoms with E-state index in [9.17, 15) is 13.6 Å². The second-order valence-electron chi connectivity index (χ2n) is 3.63. The number of carbonyl (C=O) groups is 1. The van der Waals surface area contributed by atoms with Crippen LogP contribution in [0.1, 0.15) is 23.4 Å². The van der Waals surface area contributed by atoms with Gasteiger partial charge in [0, 0.05) is 25.9 Å². The average molecular weight is 215 g/mol. The monoisotopic (exact) mass is 215 g/mol. The zero-order valence-corrected chi connectivity index (χ0v) is 8.08. The van der Waals surface area contributed by atoms with E-state index in [4.69, 9.17) is 4.42 Å². The molecule has 1 aliphatic heterocycles. The van der Waals surface area contributed by atoms with Crippen molar-refractivity contribution in [2.75, 3.05) is 13.1 Å². The van der Waals surface area contributed by atoms with E-state index >= 15 is 0 Å². The summed E-state index contributed by atoms with van der Waals surface area (Å²) in [4.78, 5) is 13.1. The van der Waals surface area contributed by atoms with Gasteiger partial charge in [0.25, 0.3) is 11.8 Å². The predicted octanol–water partition coefficient (Wildman–Crippen LogP) is 2.15. The van der Waals surface area contributed by atoms with Gasteiger partial charge in [-0.1, -0.05) is 0 Å². The smallest absolute Gasteiger partial charge is 0.289 e. The molecule has 1 aliphatic rings. The van der Waals surface area contributed by atoms with Gasteiger partial charge in [0.15, 0.2) is 5.76 Å². The molecule has 0 spiro atoms. The summed E-state index contributed by atoms with van der Waals surface area (Å²) in [5.74, 6) is -2.73. The third-order valence-corrected chi connectivity index (χ3v) is 2.51. The Morgan fingerprint density at radius 3 is 2.60 bits per heavy atom. The fourth-order valence-electron chi connectivity index (χ4n) is 1.59. The summed E-state index contributed by atoms with van der Waals surface area (Å²) >= 11 is 0. The van der Waals surface area contributed by atoms with Crippen LogP contribution in [0.15, 0.2) is 22.8 Å². The number of hydrogen-bond donors (Lipinski definition) is 0. The predicted molar refractivity (Wildman–Crippen MR) is 48.8 cm³/mol. The van der Waals surface area contributed by atoms with Crippen molar-refractivity contribution in [2.45, 2.75) is 18.8 Å². The second-order valence-corrected chi connectivity index (χ2v) is 3.63. The normalized spacial score (nSPS) is 20.3. The van der Waals surface area contributed by atoms with Gasteiger partial charge in [0.2, 0.25) is 0 Å². The molecule has 1 fully saturated rings. The van der Waals surface area contributed by atoms with Crippen molar-refractivity contribution < 1.29 is 18.0 Å². The van der Waals surface area contributed by atoms with E-state index in [0.29, 0.717) is 0 Å². The summed E-state index contributed by atoms with van der Waals surface area (Å²) in [5, 5.41) is 0. The van der Waals surface area contributed by atoms with Crippen LogP contribution in [0.2, 0.25) is 0 Å². The fourth-order valence-corrected chi connectivity index (χ4v) is 1.59. The maximum absolute atomic E-state index is 12.8. The highest BCUT2D eigenvalue weighted by Crippen LogP contribution is 2.28. The highest BCUT2D eigenvalue weighted by Gasteiger charge is 2.36. The van der Waals surface area contributed by atoms with E-state index in [1.165, 1.54) is 17.2 Å². The number of nitrogens with zero attached hydrogens (tertiary/aromatic N) is 1. The van der Waals surface area contributed by atoms with Gasteiger partial charge >= 0.3 is 0 Å². The average Bonchev–Trinajstić information content (AvgIpc) is 2.69. The molecule has 0 saturated carbocycles. The van der Waals surface area contributed by atoms with E-state index in [0.717, 1.165) is 0 Å². The summed E-state index contributed by atoms with van der Waals surface area (Å²) in [6.07, 6.45) is 0.866. The molecule has 0 aliphatic carbocycles. The van der Waals surface area contributed by atoms with Crippen molar-refractivity contribution in [3.8, 4) is 0 Å². The first kappa shape index (κ1) is 10.1. The number of piperidine rings is 1. The number of halogens is 2. The molecule has 1 aromatic rings. The summed E-state index contributed by atoms with van der Waals surface area (Å²) in [6, 6.07) is 3.14. The minimum Gasteiger partial charge on any atom is -0.459 e. The lowest BCUT2D eigenvalue weighted by Gasteiger charge is -2.31. The van der Waals surface area contributed by atoms with Crippen LogP contribution < -0.4 is 0 Å². The van der Waals surface area contributed by atoms with E-state index in [2.05, 4.69) is 0 Å². The Morgan fingerprint density at radius 1 is 1.40 bits per heavy atom. The van der Waals surface area contributed by atoms with Gasteiger partial charge in [-0.25, -0.2) is 8.78 Å². The lowest BCUT2D eigenvalue weighted by molar-refractivity contribution is -0.0498. The summed E-state index contributed by atoms with van der Waals surface area (Å²) in [7, 11) is 0. The second kappa shape index (κ2) is 3.64. The molecule has 1 amide bonds. The van der Waals surface area contributed by atoms with Gasteiger partial charge in [-0.3, -0.25) is 4.79 Å². The number of hydrogen-bond acceptors (Lipinski definition) is 2. The Balaban J connectivity index is 2.00. The Kier molecular flexibility index (Phi) is 2.46. The molecule has 0 radical (unpaired) electrons. The minimum absolute atomic E-state index is 0.0898. The molecule has 1 saturated heterocycles. The number of carbonyl (C=O) groups excluding carboxylic acids is 1. The summed E-state index contributed by atoms with van der Waals surface area (Å²) in [5.41, 5.74) is 0. The highest BCUT2D eigenvalue weighted by atomic mass is 19.3. The standard InChI is InChI=1S/C10H11F2NO2/c11-10(12)3-5-13(6-4-10)9(14)8-2-1-7-15-8/h1-2,7H,3-6H2. The van der Waals surface area contributed by atoms with Crippen LogP contribution in [0.25, 0.3) is 0 Å². The lowest BCUT2D eigenvalue weighted by atomic mass is 10.1. The van der Waals surface area contributed by atoms with E-state index in [1.807, 2.05) is 0 Å². The molecule has 0 unspecified atom stereocenters. The molecular weight excluding hydrogens is 204 g/mol. The SMILES string of the molecule is O=C(c1ccco1)N1CCC(F)(F)CC1. The van der Waals surface area contributed by atoms with Crippen molar-refractivity contribution in [3.63, 3.8) is 0 Å². The molecule has 82 valence electrons. The molecule has 0 N–H and O–H groups in total. The molecule has 1 aromatic heterocycles. The highest BCUT2D eigenvalue weighted by molar-refractivity contribution is 5.91. The van der Waals surface area contributed by atoms with Crippen LogP contribution in [-0.2, 0) is 0 Å². The lowest BCUT2D eigenvalue weighted by Crippen LogP contribution is -2.42. The first-order valence-corrected chi connectivity index (χ1v) is 4.79. The van der Waals surface area contributed by atoms with Crippen molar-refractivity contribution in [1.29, 1.82) is 0 Å². The zero-order valence-electron chi connectivity index (χ0n) is 8.08. The molecule has 3 nitrogen and oxygen atoms in total. The Labute approximate surface area is 85.7 Å². The topological polar surface area (TPSA) is 33.5 Å². The van der Waals surface area contributed by atoms with Crippen molar-refractivity contribution >= 4 is 5.91 Å². The van der Waals surface area contributed by atoms with E-state index < -0.39 is 5.92 Å². The molecule has 0 atom stereocenters. The van der Waals surface area contributed by atoms with Crippen molar-refractivity contribution in [2.24, 2.45) is 0 Å². The molecular formula is C10H11F2NO2. The van der Waals surface area contributed by atoms with Crippen LogP contribution in [-0.4, -0.2) is 29.8 Å². The van der Waals surface area contributed by atoms with Crippen LogP contribution in [0.4, 0.5) is 8.78 Å². The molecule has 2 rings (SSSR count). The Hall–Kier alpha value is -1.39.